The fourth-order valence-corrected chi connectivity index (χ4v) is 4.21. The van der Waals surface area contributed by atoms with E-state index in [1.807, 2.05) is 0 Å². The molecule has 2 N–H and O–H groups in total. The van der Waals surface area contributed by atoms with E-state index < -0.39 is 11.9 Å². The maximum absolute atomic E-state index is 11.6. The molecule has 0 radical (unpaired) electrons. The molecule has 0 saturated carbocycles. The number of hydrogen-bond donors (Lipinski definition) is 2. The summed E-state index contributed by atoms with van der Waals surface area (Å²) in [4.78, 5) is 69.2. The maximum atomic E-state index is 11.6. The maximum Gasteiger partial charge on any atom is 0.303 e. The first-order valence-corrected chi connectivity index (χ1v) is 13.6. The SMILES string of the molecule is CC1=CC(=O)N(CCCCCCCCC(=O)O)C1=O.CC1=CC(=O)N(CCCCCCCCC(=O)O)C1=O.[Zn]. The number of carbonyl (C=O) groups excluding carboxylic acids is 4. The van der Waals surface area contributed by atoms with Crippen LogP contribution in [0.25, 0.3) is 0 Å². The standard InChI is InChI=1S/2C14H21NO4.Zn/c2*1-11-10-12(16)15(14(11)19)9-7-5-3-2-4-6-8-13(17)18;/h2*10H,2-9H2,1H3,(H,17,18);. The number of imide groups is 2. The molecule has 0 saturated heterocycles. The second kappa shape index (κ2) is 20.3. The fraction of sp³-hybridized carbons (Fsp3) is 0.643. The summed E-state index contributed by atoms with van der Waals surface area (Å²) < 4.78 is 0. The van der Waals surface area contributed by atoms with Gasteiger partial charge in [-0.1, -0.05) is 51.4 Å². The molecular weight excluding hydrogens is 558 g/mol. The van der Waals surface area contributed by atoms with Crippen LogP contribution < -0.4 is 0 Å². The van der Waals surface area contributed by atoms with Gasteiger partial charge < -0.3 is 10.2 Å². The van der Waals surface area contributed by atoms with Crippen LogP contribution in [0.2, 0.25) is 0 Å². The Morgan fingerprint density at radius 3 is 1.10 bits per heavy atom. The number of carboxylic acids is 2. The Kier molecular flexibility index (Phi) is 18.9. The molecule has 0 aromatic heterocycles. The van der Waals surface area contributed by atoms with Crippen molar-refractivity contribution in [2.24, 2.45) is 0 Å². The van der Waals surface area contributed by atoms with Crippen LogP contribution in [0.1, 0.15) is 104 Å². The molecule has 0 atom stereocenters. The number of unbranched alkanes of at least 4 members (excludes halogenated alkanes) is 10. The average Bonchev–Trinajstić information content (AvgIpc) is 3.24. The van der Waals surface area contributed by atoms with Crippen molar-refractivity contribution in [2.45, 2.75) is 104 Å². The van der Waals surface area contributed by atoms with Gasteiger partial charge in [-0.05, 0) is 39.5 Å². The Bertz CT molecular complexity index is 855. The van der Waals surface area contributed by atoms with E-state index >= 15 is 0 Å². The molecule has 0 aromatic carbocycles. The molecule has 0 unspecified atom stereocenters. The molecule has 2 rings (SSSR count). The van der Waals surface area contributed by atoms with E-state index in [9.17, 15) is 28.8 Å². The molecule has 214 valence electrons. The van der Waals surface area contributed by atoms with Gasteiger partial charge in [0, 0.05) is 68.7 Å². The summed E-state index contributed by atoms with van der Waals surface area (Å²) in [5, 5.41) is 16.9. The van der Waals surface area contributed by atoms with Crippen LogP contribution in [-0.4, -0.2) is 68.7 Å². The van der Waals surface area contributed by atoms with Crippen molar-refractivity contribution < 1.29 is 58.5 Å². The van der Waals surface area contributed by atoms with Crippen molar-refractivity contribution >= 4 is 35.6 Å². The van der Waals surface area contributed by atoms with Crippen LogP contribution in [0.3, 0.4) is 0 Å². The molecular formula is C28H42N2O8Zn. The quantitative estimate of drug-likeness (QED) is 0.135. The van der Waals surface area contributed by atoms with Gasteiger partial charge in [-0.2, -0.15) is 0 Å². The van der Waals surface area contributed by atoms with Crippen molar-refractivity contribution in [3.63, 3.8) is 0 Å². The summed E-state index contributed by atoms with van der Waals surface area (Å²) in [6, 6.07) is 0. The third-order valence-electron chi connectivity index (χ3n) is 6.42. The molecule has 4 amide bonds. The van der Waals surface area contributed by atoms with Crippen LogP contribution in [0.15, 0.2) is 23.3 Å². The van der Waals surface area contributed by atoms with Gasteiger partial charge in [-0.15, -0.1) is 0 Å². The fourth-order valence-electron chi connectivity index (χ4n) is 4.21. The zero-order valence-electron chi connectivity index (χ0n) is 23.4. The van der Waals surface area contributed by atoms with E-state index in [2.05, 4.69) is 0 Å². The third kappa shape index (κ3) is 14.9. The first-order chi connectivity index (χ1) is 18.0. The molecule has 0 spiro atoms. The molecule has 39 heavy (non-hydrogen) atoms. The van der Waals surface area contributed by atoms with E-state index in [-0.39, 0.29) is 55.9 Å². The summed E-state index contributed by atoms with van der Waals surface area (Å²) in [5.41, 5.74) is 1.03. The van der Waals surface area contributed by atoms with Crippen LogP contribution in [0.4, 0.5) is 0 Å². The van der Waals surface area contributed by atoms with E-state index in [4.69, 9.17) is 10.2 Å². The van der Waals surface area contributed by atoms with Crippen molar-refractivity contribution in [3.05, 3.63) is 23.3 Å². The van der Waals surface area contributed by atoms with Crippen LogP contribution >= 0.6 is 0 Å². The summed E-state index contributed by atoms with van der Waals surface area (Å²) in [6.45, 7) is 4.28. The zero-order valence-corrected chi connectivity index (χ0v) is 26.4. The van der Waals surface area contributed by atoms with Crippen LogP contribution in [0, 0.1) is 0 Å². The summed E-state index contributed by atoms with van der Waals surface area (Å²) in [7, 11) is 0. The van der Waals surface area contributed by atoms with Gasteiger partial charge in [-0.3, -0.25) is 38.6 Å². The van der Waals surface area contributed by atoms with Gasteiger partial charge >= 0.3 is 11.9 Å². The predicted octanol–water partition coefficient (Wildman–Crippen LogP) is 4.23. The van der Waals surface area contributed by atoms with Crippen LogP contribution in [-0.2, 0) is 48.2 Å². The number of carbonyl (C=O) groups is 6. The van der Waals surface area contributed by atoms with E-state index in [1.165, 1.54) is 22.0 Å². The van der Waals surface area contributed by atoms with E-state index in [1.54, 1.807) is 13.8 Å². The Balaban J connectivity index is 0.000000722. The zero-order chi connectivity index (χ0) is 28.5. The topological polar surface area (TPSA) is 149 Å². The first-order valence-electron chi connectivity index (χ1n) is 13.6. The van der Waals surface area contributed by atoms with Crippen molar-refractivity contribution in [1.29, 1.82) is 0 Å². The number of carboxylic acid groups (broad SMARTS) is 2. The number of amides is 4. The number of nitrogens with zero attached hydrogens (tertiary/aromatic N) is 2. The minimum absolute atomic E-state index is 0. The minimum atomic E-state index is -0.742. The monoisotopic (exact) mass is 598 g/mol. The number of rotatable bonds is 18. The molecule has 2 heterocycles. The van der Waals surface area contributed by atoms with E-state index in [0.29, 0.717) is 24.2 Å². The molecule has 2 aliphatic heterocycles. The van der Waals surface area contributed by atoms with Gasteiger partial charge in [0.1, 0.15) is 0 Å². The molecule has 11 heteroatoms. The van der Waals surface area contributed by atoms with E-state index in [0.717, 1.165) is 77.0 Å². The largest absolute Gasteiger partial charge is 0.481 e. The predicted molar refractivity (Wildman–Crippen MR) is 141 cm³/mol. The summed E-state index contributed by atoms with van der Waals surface area (Å²) in [5.74, 6) is -2.24. The first kappa shape index (κ1) is 36.3. The molecule has 0 fully saturated rings. The van der Waals surface area contributed by atoms with Gasteiger partial charge in [0.15, 0.2) is 0 Å². The normalized spacial score (nSPS) is 14.6. The molecule has 10 nitrogen and oxygen atoms in total. The van der Waals surface area contributed by atoms with Crippen molar-refractivity contribution in [2.75, 3.05) is 13.1 Å². The Morgan fingerprint density at radius 2 is 0.846 bits per heavy atom. The van der Waals surface area contributed by atoms with Gasteiger partial charge in [0.2, 0.25) is 0 Å². The molecule has 0 aromatic rings. The minimum Gasteiger partial charge on any atom is -0.481 e. The molecule has 0 bridgehead atoms. The third-order valence-corrected chi connectivity index (χ3v) is 6.42. The Labute approximate surface area is 243 Å². The number of hydrogen-bond acceptors (Lipinski definition) is 6. The van der Waals surface area contributed by atoms with Crippen molar-refractivity contribution in [1.82, 2.24) is 9.80 Å². The second-order valence-corrected chi connectivity index (χ2v) is 9.77. The Hall–Kier alpha value is -2.68. The second-order valence-electron chi connectivity index (χ2n) is 9.77. The molecule has 2 aliphatic rings. The van der Waals surface area contributed by atoms with Gasteiger partial charge in [0.05, 0.1) is 0 Å². The summed E-state index contributed by atoms with van der Waals surface area (Å²) >= 11 is 0. The smallest absolute Gasteiger partial charge is 0.303 e. The Morgan fingerprint density at radius 1 is 0.564 bits per heavy atom. The average molecular weight is 600 g/mol. The van der Waals surface area contributed by atoms with Crippen LogP contribution in [0.5, 0.6) is 0 Å². The van der Waals surface area contributed by atoms with Gasteiger partial charge in [-0.25, -0.2) is 0 Å². The number of aliphatic carboxylic acids is 2. The van der Waals surface area contributed by atoms with Crippen molar-refractivity contribution in [3.8, 4) is 0 Å². The molecule has 0 aliphatic carbocycles. The summed E-state index contributed by atoms with van der Waals surface area (Å²) in [6.07, 6.45) is 14.1. The van der Waals surface area contributed by atoms with Gasteiger partial charge in [0.25, 0.3) is 23.6 Å².